The number of nitrogens with zero attached hydrogens (tertiary/aromatic N) is 3. The Morgan fingerprint density at radius 1 is 1.00 bits per heavy atom. The summed E-state index contributed by atoms with van der Waals surface area (Å²) in [6, 6.07) is 9.06. The number of nitrogens with one attached hydrogen (secondary N) is 1. The minimum atomic E-state index is -2.47. The van der Waals surface area contributed by atoms with Crippen LogP contribution in [0.5, 0.6) is 11.6 Å². The van der Waals surface area contributed by atoms with Crippen LogP contribution < -0.4 is 14.8 Å². The standard InChI is InChI=1S/C27H32F2N4O3S/c1-18(2)33-37(3,34)17-19-12-26-31-25-15-22(23(29)16-30-25)21-9-8-20(28)14-24(21)35-10-6-4-5-7-11-36-27(13-19)32-26/h8-9,12-16,18H,4-7,10-11,17H2,1-3H3,(H,30,31,32). The fourth-order valence-corrected chi connectivity index (χ4v) is 5.92. The van der Waals surface area contributed by atoms with Crippen LogP contribution in [0, 0.1) is 11.6 Å². The molecule has 1 aromatic carbocycles. The van der Waals surface area contributed by atoms with Gasteiger partial charge in [-0.2, -0.15) is 4.98 Å². The van der Waals surface area contributed by atoms with E-state index >= 15 is 0 Å². The Hall–Kier alpha value is -3.27. The third kappa shape index (κ3) is 7.61. The largest absolute Gasteiger partial charge is 0.493 e. The molecule has 1 unspecified atom stereocenters. The van der Waals surface area contributed by atoms with E-state index in [-0.39, 0.29) is 23.1 Å². The molecule has 3 aromatic rings. The first-order chi connectivity index (χ1) is 17.7. The van der Waals surface area contributed by atoms with Gasteiger partial charge in [0.1, 0.15) is 29.0 Å². The van der Waals surface area contributed by atoms with E-state index in [2.05, 4.69) is 19.6 Å². The highest BCUT2D eigenvalue weighted by Gasteiger charge is 2.16. The van der Waals surface area contributed by atoms with Crippen molar-refractivity contribution in [1.29, 1.82) is 0 Å². The second kappa shape index (κ2) is 11.9. The second-order valence-electron chi connectivity index (χ2n) is 9.43. The van der Waals surface area contributed by atoms with Gasteiger partial charge >= 0.3 is 0 Å². The number of pyridine rings is 2. The molecular formula is C27H32F2N4O3S. The van der Waals surface area contributed by atoms with Crippen molar-refractivity contribution < 1.29 is 22.5 Å². The fraction of sp³-hybridized carbons (Fsp3) is 0.407. The van der Waals surface area contributed by atoms with E-state index in [1.54, 1.807) is 18.4 Å². The molecule has 2 aromatic heterocycles. The van der Waals surface area contributed by atoms with Gasteiger partial charge in [0, 0.05) is 39.2 Å². The Morgan fingerprint density at radius 2 is 1.76 bits per heavy atom. The van der Waals surface area contributed by atoms with Gasteiger partial charge in [-0.15, -0.1) is 0 Å². The first-order valence-corrected chi connectivity index (χ1v) is 14.5. The lowest BCUT2D eigenvalue weighted by atomic mass is 10.0. The maximum atomic E-state index is 14.9. The first-order valence-electron chi connectivity index (χ1n) is 12.4. The summed E-state index contributed by atoms with van der Waals surface area (Å²) in [6.45, 7) is 4.65. The summed E-state index contributed by atoms with van der Waals surface area (Å²) in [7, 11) is -2.47. The molecule has 4 bridgehead atoms. The molecule has 1 aliphatic rings. The predicted octanol–water partition coefficient (Wildman–Crippen LogP) is 6.50. The van der Waals surface area contributed by atoms with Crippen LogP contribution in [0.1, 0.15) is 45.1 Å². The van der Waals surface area contributed by atoms with Crippen LogP contribution in [0.4, 0.5) is 20.4 Å². The molecule has 1 N–H and O–H groups in total. The number of fused-ring (bicyclic) bond motifs is 6. The number of benzene rings is 1. The third-order valence-corrected chi connectivity index (χ3v) is 7.36. The summed E-state index contributed by atoms with van der Waals surface area (Å²) in [5.41, 5.74) is 1.40. The highest BCUT2D eigenvalue weighted by molar-refractivity contribution is 7.92. The molecular weight excluding hydrogens is 498 g/mol. The maximum Gasteiger partial charge on any atom is 0.215 e. The van der Waals surface area contributed by atoms with E-state index in [0.717, 1.165) is 37.4 Å². The zero-order valence-corrected chi connectivity index (χ0v) is 22.1. The molecule has 37 heavy (non-hydrogen) atoms. The number of anilines is 2. The summed E-state index contributed by atoms with van der Waals surface area (Å²) in [5, 5.41) is 3.11. The normalized spacial score (nSPS) is 15.8. The molecule has 1 atom stereocenters. The lowest BCUT2D eigenvalue weighted by Crippen LogP contribution is -2.08. The topological polar surface area (TPSA) is 85.7 Å². The van der Waals surface area contributed by atoms with E-state index in [1.165, 1.54) is 24.3 Å². The number of hydrogen-bond donors (Lipinski definition) is 1. The van der Waals surface area contributed by atoms with Crippen LogP contribution >= 0.6 is 0 Å². The molecule has 4 rings (SSSR count). The lowest BCUT2D eigenvalue weighted by Gasteiger charge is -2.14. The molecule has 10 heteroatoms. The number of hydrogen-bond acceptors (Lipinski definition) is 7. The molecule has 0 saturated carbocycles. The predicted molar refractivity (Wildman–Crippen MR) is 142 cm³/mol. The van der Waals surface area contributed by atoms with Crippen molar-refractivity contribution in [1.82, 2.24) is 9.97 Å². The quantitative estimate of drug-likeness (QED) is 0.416. The molecule has 0 aliphatic carbocycles. The van der Waals surface area contributed by atoms with Crippen LogP contribution in [-0.4, -0.2) is 39.7 Å². The monoisotopic (exact) mass is 530 g/mol. The molecule has 0 radical (unpaired) electrons. The summed E-state index contributed by atoms with van der Waals surface area (Å²) in [6.07, 6.45) is 6.14. The Morgan fingerprint density at radius 3 is 2.51 bits per heavy atom. The molecule has 3 heterocycles. The maximum absolute atomic E-state index is 14.9. The van der Waals surface area contributed by atoms with Gasteiger partial charge in [-0.1, -0.05) is 0 Å². The van der Waals surface area contributed by atoms with E-state index < -0.39 is 21.4 Å². The van der Waals surface area contributed by atoms with Gasteiger partial charge in [0.25, 0.3) is 0 Å². The smallest absolute Gasteiger partial charge is 0.215 e. The van der Waals surface area contributed by atoms with Crippen molar-refractivity contribution in [2.24, 2.45) is 4.36 Å². The zero-order valence-electron chi connectivity index (χ0n) is 21.3. The van der Waals surface area contributed by atoms with E-state index in [4.69, 9.17) is 9.47 Å². The number of halogens is 2. The molecule has 198 valence electrons. The minimum Gasteiger partial charge on any atom is -0.493 e. The van der Waals surface area contributed by atoms with Crippen LogP contribution in [0.25, 0.3) is 11.1 Å². The summed E-state index contributed by atoms with van der Waals surface area (Å²) < 4.78 is 58.0. The third-order valence-electron chi connectivity index (χ3n) is 5.62. The molecule has 0 fully saturated rings. The molecule has 0 amide bonds. The van der Waals surface area contributed by atoms with Crippen molar-refractivity contribution in [3.8, 4) is 22.8 Å². The van der Waals surface area contributed by atoms with Gasteiger partial charge in [0.05, 0.1) is 31.2 Å². The summed E-state index contributed by atoms with van der Waals surface area (Å²) >= 11 is 0. The molecule has 0 saturated heterocycles. The van der Waals surface area contributed by atoms with Gasteiger partial charge < -0.3 is 14.8 Å². The van der Waals surface area contributed by atoms with Crippen molar-refractivity contribution in [2.75, 3.05) is 24.8 Å². The van der Waals surface area contributed by atoms with Gasteiger partial charge in [0.15, 0.2) is 0 Å². The zero-order chi connectivity index (χ0) is 26.4. The minimum absolute atomic E-state index is 0.0579. The van der Waals surface area contributed by atoms with Crippen LogP contribution in [0.3, 0.4) is 0 Å². The SMILES string of the molecule is CC(C)N=S(C)(=O)Cc1cc2nc(c1)OCCCCCCOc1cc(F)ccc1-c1cc(ncc1F)N2. The molecule has 7 nitrogen and oxygen atoms in total. The van der Waals surface area contributed by atoms with Crippen molar-refractivity contribution in [2.45, 2.75) is 51.3 Å². The summed E-state index contributed by atoms with van der Waals surface area (Å²) in [5.74, 6) is 0.629. The highest BCUT2D eigenvalue weighted by Crippen LogP contribution is 2.34. The number of aromatic nitrogens is 2. The van der Waals surface area contributed by atoms with Crippen LogP contribution in [-0.2, 0) is 15.5 Å². The fourth-order valence-electron chi connectivity index (χ4n) is 4.17. The van der Waals surface area contributed by atoms with Gasteiger partial charge in [-0.05, 0) is 69.4 Å². The van der Waals surface area contributed by atoms with Crippen molar-refractivity contribution >= 4 is 21.4 Å². The average Bonchev–Trinajstić information content (AvgIpc) is 2.80. The van der Waals surface area contributed by atoms with E-state index in [0.29, 0.717) is 36.3 Å². The van der Waals surface area contributed by atoms with Crippen molar-refractivity contribution in [3.05, 3.63) is 59.8 Å². The summed E-state index contributed by atoms with van der Waals surface area (Å²) in [4.78, 5) is 8.70. The first kappa shape index (κ1) is 26.8. The lowest BCUT2D eigenvalue weighted by molar-refractivity contribution is 0.281. The van der Waals surface area contributed by atoms with Gasteiger partial charge in [-0.25, -0.2) is 22.3 Å². The van der Waals surface area contributed by atoms with E-state index in [9.17, 15) is 13.0 Å². The Labute approximate surface area is 216 Å². The van der Waals surface area contributed by atoms with Crippen LogP contribution in [0.15, 0.2) is 47.0 Å². The number of rotatable bonds is 3. The van der Waals surface area contributed by atoms with E-state index in [1.807, 2.05) is 13.8 Å². The Balaban J connectivity index is 1.74. The molecule has 1 aliphatic heterocycles. The van der Waals surface area contributed by atoms with Gasteiger partial charge in [0.2, 0.25) is 5.88 Å². The van der Waals surface area contributed by atoms with Gasteiger partial charge in [-0.3, -0.25) is 0 Å². The van der Waals surface area contributed by atoms with Crippen LogP contribution in [0.2, 0.25) is 0 Å². The second-order valence-corrected chi connectivity index (χ2v) is 11.8. The average molecular weight is 531 g/mol. The van der Waals surface area contributed by atoms with Crippen molar-refractivity contribution in [3.63, 3.8) is 0 Å². The number of ether oxygens (including phenoxy) is 2. The Kier molecular flexibility index (Phi) is 8.58. The Bertz CT molecular complexity index is 1370. The molecule has 0 spiro atoms. The highest BCUT2D eigenvalue weighted by atomic mass is 32.2.